The van der Waals surface area contributed by atoms with E-state index in [2.05, 4.69) is 27.4 Å². The highest BCUT2D eigenvalue weighted by atomic mass is 14.9. The second-order valence-electron chi connectivity index (χ2n) is 5.17. The number of nitriles is 1. The molecule has 0 saturated carbocycles. The highest BCUT2D eigenvalue weighted by Crippen LogP contribution is 2.22. The predicted molar refractivity (Wildman–Crippen MR) is 87.6 cm³/mol. The van der Waals surface area contributed by atoms with Gasteiger partial charge in [-0.2, -0.15) is 5.26 Å². The molecule has 0 unspecified atom stereocenters. The number of nitrogens with zero attached hydrogens (tertiary/aromatic N) is 3. The van der Waals surface area contributed by atoms with Crippen LogP contribution in [0.25, 0.3) is 10.9 Å². The molecule has 4 heteroatoms. The Balaban J connectivity index is 1.78. The highest BCUT2D eigenvalue weighted by Gasteiger charge is 2.05. The van der Waals surface area contributed by atoms with E-state index in [-0.39, 0.29) is 0 Å². The predicted octanol–water partition coefficient (Wildman–Crippen LogP) is 3.46. The molecule has 0 atom stereocenters. The van der Waals surface area contributed by atoms with Gasteiger partial charge < -0.3 is 5.32 Å². The molecule has 0 amide bonds. The topological polar surface area (TPSA) is 61.6 Å². The molecule has 0 saturated heterocycles. The molecule has 0 radical (unpaired) electrons. The molecule has 3 rings (SSSR count). The van der Waals surface area contributed by atoms with Gasteiger partial charge in [0.15, 0.2) is 0 Å². The van der Waals surface area contributed by atoms with Gasteiger partial charge in [0.25, 0.3) is 0 Å². The molecule has 2 aromatic heterocycles. The number of fused-ring (bicyclic) bond motifs is 1. The molecule has 2 heterocycles. The van der Waals surface area contributed by atoms with Crippen LogP contribution in [-0.4, -0.2) is 16.5 Å². The third kappa shape index (κ3) is 3.04. The van der Waals surface area contributed by atoms with E-state index in [1.165, 1.54) is 5.56 Å². The molecule has 0 spiro atoms. The standard InChI is InChI=1S/C18H16N4/c1-13-6-7-14(12-21-13)8-9-20-18-10-15(11-19)22-17-5-3-2-4-16(17)18/h2-7,10,12H,8-9H2,1H3,(H,20,22). The third-order valence-corrected chi connectivity index (χ3v) is 3.53. The van der Waals surface area contributed by atoms with Gasteiger partial charge in [-0.05, 0) is 37.1 Å². The van der Waals surface area contributed by atoms with Gasteiger partial charge in [-0.25, -0.2) is 4.98 Å². The van der Waals surface area contributed by atoms with Gasteiger partial charge in [-0.15, -0.1) is 0 Å². The zero-order chi connectivity index (χ0) is 15.4. The fraction of sp³-hybridized carbons (Fsp3) is 0.167. The van der Waals surface area contributed by atoms with E-state index in [0.717, 1.165) is 35.2 Å². The lowest BCUT2D eigenvalue weighted by Crippen LogP contribution is -2.06. The van der Waals surface area contributed by atoms with Crippen LogP contribution in [0.1, 0.15) is 17.0 Å². The summed E-state index contributed by atoms with van der Waals surface area (Å²) in [5, 5.41) is 13.5. The quantitative estimate of drug-likeness (QED) is 0.798. The molecular formula is C18H16N4. The van der Waals surface area contributed by atoms with Crippen molar-refractivity contribution in [1.29, 1.82) is 5.26 Å². The fourth-order valence-electron chi connectivity index (χ4n) is 2.37. The summed E-state index contributed by atoms with van der Waals surface area (Å²) in [5.41, 5.74) is 4.42. The van der Waals surface area contributed by atoms with Crippen molar-refractivity contribution in [2.24, 2.45) is 0 Å². The zero-order valence-electron chi connectivity index (χ0n) is 12.4. The average Bonchev–Trinajstić information content (AvgIpc) is 2.56. The number of hydrogen-bond acceptors (Lipinski definition) is 4. The second-order valence-corrected chi connectivity index (χ2v) is 5.17. The van der Waals surface area contributed by atoms with Gasteiger partial charge in [0.2, 0.25) is 0 Å². The fourth-order valence-corrected chi connectivity index (χ4v) is 2.37. The molecule has 1 aromatic carbocycles. The molecule has 4 nitrogen and oxygen atoms in total. The Morgan fingerprint density at radius 1 is 1.18 bits per heavy atom. The van der Waals surface area contributed by atoms with Crippen LogP contribution in [0.4, 0.5) is 5.69 Å². The molecule has 0 fully saturated rings. The van der Waals surface area contributed by atoms with E-state index in [0.29, 0.717) is 5.69 Å². The maximum absolute atomic E-state index is 9.10. The molecule has 0 bridgehead atoms. The Morgan fingerprint density at radius 2 is 2.05 bits per heavy atom. The first-order chi connectivity index (χ1) is 10.8. The van der Waals surface area contributed by atoms with E-state index in [1.807, 2.05) is 43.5 Å². The zero-order valence-corrected chi connectivity index (χ0v) is 12.4. The summed E-state index contributed by atoms with van der Waals surface area (Å²) in [6.45, 7) is 2.76. The lowest BCUT2D eigenvalue weighted by atomic mass is 10.1. The van der Waals surface area contributed by atoms with Crippen LogP contribution in [-0.2, 0) is 6.42 Å². The molecule has 22 heavy (non-hydrogen) atoms. The number of pyridine rings is 2. The Hall–Kier alpha value is -2.93. The van der Waals surface area contributed by atoms with E-state index in [4.69, 9.17) is 5.26 Å². The SMILES string of the molecule is Cc1ccc(CCNc2cc(C#N)nc3ccccc23)cn1. The van der Waals surface area contributed by atoms with E-state index >= 15 is 0 Å². The Bertz CT molecular complexity index is 832. The van der Waals surface area contributed by atoms with Crippen LogP contribution >= 0.6 is 0 Å². The number of hydrogen-bond donors (Lipinski definition) is 1. The number of aromatic nitrogens is 2. The molecule has 108 valence electrons. The molecule has 0 aliphatic carbocycles. The Morgan fingerprint density at radius 3 is 2.82 bits per heavy atom. The molecular weight excluding hydrogens is 272 g/mol. The minimum atomic E-state index is 0.429. The maximum atomic E-state index is 9.10. The van der Waals surface area contributed by atoms with E-state index < -0.39 is 0 Å². The number of rotatable bonds is 4. The van der Waals surface area contributed by atoms with Gasteiger partial charge in [-0.1, -0.05) is 24.3 Å². The summed E-state index contributed by atoms with van der Waals surface area (Å²) >= 11 is 0. The summed E-state index contributed by atoms with van der Waals surface area (Å²) < 4.78 is 0. The minimum absolute atomic E-state index is 0.429. The van der Waals surface area contributed by atoms with Crippen molar-refractivity contribution >= 4 is 16.6 Å². The van der Waals surface area contributed by atoms with Crippen LogP contribution in [0.5, 0.6) is 0 Å². The van der Waals surface area contributed by atoms with Crippen molar-refractivity contribution in [2.75, 3.05) is 11.9 Å². The van der Waals surface area contributed by atoms with Crippen molar-refractivity contribution in [3.05, 3.63) is 65.6 Å². The monoisotopic (exact) mass is 288 g/mol. The number of benzene rings is 1. The smallest absolute Gasteiger partial charge is 0.143 e. The summed E-state index contributed by atoms with van der Waals surface area (Å²) in [7, 11) is 0. The number of nitrogens with one attached hydrogen (secondary N) is 1. The van der Waals surface area contributed by atoms with Crippen LogP contribution in [0.2, 0.25) is 0 Å². The van der Waals surface area contributed by atoms with Crippen molar-refractivity contribution in [2.45, 2.75) is 13.3 Å². The molecule has 1 N–H and O–H groups in total. The molecule has 3 aromatic rings. The second kappa shape index (κ2) is 6.23. The lowest BCUT2D eigenvalue weighted by Gasteiger charge is -2.10. The minimum Gasteiger partial charge on any atom is -0.384 e. The van der Waals surface area contributed by atoms with Crippen LogP contribution in [0, 0.1) is 18.3 Å². The first-order valence-electron chi connectivity index (χ1n) is 7.21. The number of aryl methyl sites for hydroxylation is 1. The maximum Gasteiger partial charge on any atom is 0.143 e. The number of anilines is 1. The normalized spacial score (nSPS) is 10.4. The van der Waals surface area contributed by atoms with Gasteiger partial charge in [0, 0.05) is 29.5 Å². The van der Waals surface area contributed by atoms with Crippen LogP contribution < -0.4 is 5.32 Å². The summed E-state index contributed by atoms with van der Waals surface area (Å²) in [4.78, 5) is 8.62. The van der Waals surface area contributed by atoms with Crippen molar-refractivity contribution in [3.8, 4) is 6.07 Å². The largest absolute Gasteiger partial charge is 0.384 e. The first-order valence-corrected chi connectivity index (χ1v) is 7.21. The van der Waals surface area contributed by atoms with Crippen molar-refractivity contribution in [1.82, 2.24) is 9.97 Å². The summed E-state index contributed by atoms with van der Waals surface area (Å²) in [5.74, 6) is 0. The van der Waals surface area contributed by atoms with E-state index in [9.17, 15) is 0 Å². The van der Waals surface area contributed by atoms with Gasteiger partial charge in [0.05, 0.1) is 5.52 Å². The van der Waals surface area contributed by atoms with Gasteiger partial charge in [0.1, 0.15) is 11.8 Å². The summed E-state index contributed by atoms with van der Waals surface area (Å²) in [6, 6.07) is 15.9. The van der Waals surface area contributed by atoms with Crippen LogP contribution in [0.15, 0.2) is 48.7 Å². The lowest BCUT2D eigenvalue weighted by molar-refractivity contribution is 0.998. The van der Waals surface area contributed by atoms with Crippen molar-refractivity contribution < 1.29 is 0 Å². The Labute approximate surface area is 129 Å². The Kier molecular flexibility index (Phi) is 3.97. The number of para-hydroxylation sites is 1. The van der Waals surface area contributed by atoms with E-state index in [1.54, 1.807) is 6.07 Å². The van der Waals surface area contributed by atoms with Gasteiger partial charge in [-0.3, -0.25) is 4.98 Å². The molecule has 0 aliphatic heterocycles. The summed E-state index contributed by atoms with van der Waals surface area (Å²) in [6.07, 6.45) is 2.79. The van der Waals surface area contributed by atoms with Crippen LogP contribution in [0.3, 0.4) is 0 Å². The first kappa shape index (κ1) is 14.0. The van der Waals surface area contributed by atoms with Gasteiger partial charge >= 0.3 is 0 Å². The molecule has 0 aliphatic rings. The third-order valence-electron chi connectivity index (χ3n) is 3.53. The highest BCUT2D eigenvalue weighted by molar-refractivity contribution is 5.91. The average molecular weight is 288 g/mol. The van der Waals surface area contributed by atoms with Crippen molar-refractivity contribution in [3.63, 3.8) is 0 Å².